The van der Waals surface area contributed by atoms with Crippen molar-refractivity contribution in [2.24, 2.45) is 5.73 Å². The van der Waals surface area contributed by atoms with Crippen molar-refractivity contribution >= 4 is 52.0 Å². The Kier molecular flexibility index (Phi) is 7.51. The van der Waals surface area contributed by atoms with Gasteiger partial charge in [0.25, 0.3) is 11.8 Å². The first-order chi connectivity index (χ1) is 16.8. The molecular weight excluding hydrogens is 482 g/mol. The molecule has 5 N–H and O–H groups in total. The predicted molar refractivity (Wildman–Crippen MR) is 140 cm³/mol. The van der Waals surface area contributed by atoms with Gasteiger partial charge in [0.1, 0.15) is 4.88 Å². The fourth-order valence-corrected chi connectivity index (χ4v) is 5.90. The van der Waals surface area contributed by atoms with Gasteiger partial charge in [-0.05, 0) is 72.9 Å². The first-order valence-electron chi connectivity index (χ1n) is 11.6. The lowest BCUT2D eigenvalue weighted by molar-refractivity contribution is -0.123. The highest BCUT2D eigenvalue weighted by molar-refractivity contribution is 7.10. The van der Waals surface area contributed by atoms with E-state index in [1.165, 1.54) is 22.7 Å². The molecule has 8 nitrogen and oxygen atoms in total. The van der Waals surface area contributed by atoms with Crippen LogP contribution in [0.25, 0.3) is 0 Å². The van der Waals surface area contributed by atoms with Gasteiger partial charge in [-0.3, -0.25) is 19.3 Å². The zero-order chi connectivity index (χ0) is 25.1. The second kappa shape index (κ2) is 10.6. The summed E-state index contributed by atoms with van der Waals surface area (Å²) >= 11 is 2.22. The Labute approximate surface area is 212 Å². The van der Waals surface area contributed by atoms with Crippen LogP contribution >= 0.6 is 22.9 Å². The number of primary amides is 1. The van der Waals surface area contributed by atoms with Gasteiger partial charge >= 0.3 is 0 Å². The van der Waals surface area contributed by atoms with Gasteiger partial charge in [-0.1, -0.05) is 31.4 Å². The van der Waals surface area contributed by atoms with E-state index >= 15 is 0 Å². The topological polar surface area (TPSA) is 131 Å². The van der Waals surface area contributed by atoms with E-state index in [-0.39, 0.29) is 28.2 Å². The van der Waals surface area contributed by atoms with Crippen molar-refractivity contribution in [1.82, 2.24) is 9.69 Å². The van der Waals surface area contributed by atoms with E-state index in [0.717, 1.165) is 53.2 Å². The monoisotopic (exact) mass is 511 g/mol. The number of nitrogens with one attached hydrogen (secondary N) is 1. The lowest BCUT2D eigenvalue weighted by atomic mass is 9.95. The van der Waals surface area contributed by atoms with Crippen molar-refractivity contribution in [2.45, 2.75) is 58.0 Å². The molecule has 1 aliphatic carbocycles. The average Bonchev–Trinajstić information content (AvgIpc) is 3.49. The van der Waals surface area contributed by atoms with Crippen molar-refractivity contribution < 1.29 is 14.4 Å². The molecule has 0 aliphatic heterocycles. The predicted octanol–water partition coefficient (Wildman–Crippen LogP) is 4.34. The molecule has 2 heterocycles. The molecule has 0 radical (unpaired) electrons. The summed E-state index contributed by atoms with van der Waals surface area (Å²) in [5, 5.41) is 5.06. The molecule has 0 saturated heterocycles. The van der Waals surface area contributed by atoms with Crippen LogP contribution in [0.2, 0.25) is 0 Å². The molecule has 10 heteroatoms. The molecule has 1 fully saturated rings. The largest absolute Gasteiger partial charge is 0.395 e. The SMILES string of the molecule is Cc1ccc(N(C(=O)c2snc(C(N)=O)c2N)[C@@H](C(=O)NC2CCCCC2)c2cccs2)cc1C. The van der Waals surface area contributed by atoms with Crippen LogP contribution in [0.1, 0.15) is 74.3 Å². The van der Waals surface area contributed by atoms with Gasteiger partial charge in [0.2, 0.25) is 5.91 Å². The number of nitrogen functional groups attached to an aromatic ring is 1. The van der Waals surface area contributed by atoms with Crippen molar-refractivity contribution in [3.8, 4) is 0 Å². The normalized spacial score (nSPS) is 14.9. The number of nitrogens with zero attached hydrogens (tertiary/aromatic N) is 2. The van der Waals surface area contributed by atoms with Crippen LogP contribution in [0.3, 0.4) is 0 Å². The molecule has 35 heavy (non-hydrogen) atoms. The van der Waals surface area contributed by atoms with Crippen LogP contribution in [0, 0.1) is 13.8 Å². The van der Waals surface area contributed by atoms with Crippen LogP contribution in [-0.4, -0.2) is 28.1 Å². The fourth-order valence-electron chi connectivity index (χ4n) is 4.35. The van der Waals surface area contributed by atoms with Crippen LogP contribution in [0.4, 0.5) is 11.4 Å². The lowest BCUT2D eigenvalue weighted by Crippen LogP contribution is -2.47. The summed E-state index contributed by atoms with van der Waals surface area (Å²) in [4.78, 5) is 41.8. The van der Waals surface area contributed by atoms with Crippen LogP contribution < -0.4 is 21.7 Å². The number of aryl methyl sites for hydroxylation is 2. The molecule has 1 aliphatic rings. The first-order valence-corrected chi connectivity index (χ1v) is 13.2. The molecule has 3 amide bonds. The zero-order valence-corrected chi connectivity index (χ0v) is 21.4. The van der Waals surface area contributed by atoms with E-state index in [1.807, 2.05) is 49.6 Å². The molecule has 4 rings (SSSR count). The Morgan fingerprint density at radius 2 is 1.86 bits per heavy atom. The summed E-state index contributed by atoms with van der Waals surface area (Å²) < 4.78 is 4.00. The number of benzene rings is 1. The number of hydrogen-bond donors (Lipinski definition) is 3. The van der Waals surface area contributed by atoms with Crippen molar-refractivity contribution in [3.63, 3.8) is 0 Å². The van der Waals surface area contributed by atoms with E-state index in [0.29, 0.717) is 5.69 Å². The summed E-state index contributed by atoms with van der Waals surface area (Å²) in [6.45, 7) is 3.94. The van der Waals surface area contributed by atoms with Crippen LogP contribution in [-0.2, 0) is 4.79 Å². The number of carbonyl (C=O) groups excluding carboxylic acids is 3. The minimum Gasteiger partial charge on any atom is -0.395 e. The minimum absolute atomic E-state index is 0.0704. The molecule has 0 bridgehead atoms. The number of nitrogens with two attached hydrogens (primary N) is 2. The van der Waals surface area contributed by atoms with Gasteiger partial charge in [-0.15, -0.1) is 11.3 Å². The van der Waals surface area contributed by atoms with Crippen molar-refractivity contribution in [1.29, 1.82) is 0 Å². The molecule has 3 aromatic rings. The molecular formula is C25H29N5O3S2. The van der Waals surface area contributed by atoms with Crippen LogP contribution in [0.15, 0.2) is 35.7 Å². The molecule has 0 spiro atoms. The molecule has 1 saturated carbocycles. The standard InChI is InChI=1S/C25H29N5O3S2/c1-14-10-11-17(13-15(14)2)30(25(33)22-19(26)20(23(27)31)29-35-22)21(18-9-6-12-34-18)24(32)28-16-7-4-3-5-8-16/h6,9-13,16,21H,3-5,7-8,26H2,1-2H3,(H2,27,31)(H,28,32)/t21-/m1/s1. The third-order valence-electron chi connectivity index (χ3n) is 6.41. The molecule has 1 atom stereocenters. The van der Waals surface area contributed by atoms with Gasteiger partial charge in [0.05, 0.1) is 5.69 Å². The summed E-state index contributed by atoms with van der Waals surface area (Å²) in [5.41, 5.74) is 13.9. The van der Waals surface area contributed by atoms with Gasteiger partial charge < -0.3 is 16.8 Å². The van der Waals surface area contributed by atoms with E-state index in [2.05, 4.69) is 9.69 Å². The molecule has 0 unspecified atom stereocenters. The second-order valence-electron chi connectivity index (χ2n) is 8.84. The maximum atomic E-state index is 14.0. The summed E-state index contributed by atoms with van der Waals surface area (Å²) in [6.07, 6.45) is 5.15. The minimum atomic E-state index is -0.912. The Bertz CT molecular complexity index is 1230. The maximum Gasteiger partial charge on any atom is 0.273 e. The highest BCUT2D eigenvalue weighted by Gasteiger charge is 2.37. The Morgan fingerprint density at radius 1 is 1.11 bits per heavy atom. The Hall–Kier alpha value is -3.24. The molecule has 1 aromatic carbocycles. The highest BCUT2D eigenvalue weighted by Crippen LogP contribution is 2.35. The van der Waals surface area contributed by atoms with E-state index < -0.39 is 17.9 Å². The quantitative estimate of drug-likeness (QED) is 0.434. The average molecular weight is 512 g/mol. The molecule has 2 aromatic heterocycles. The highest BCUT2D eigenvalue weighted by atomic mass is 32.1. The maximum absolute atomic E-state index is 14.0. The van der Waals surface area contributed by atoms with Crippen molar-refractivity contribution in [2.75, 3.05) is 10.6 Å². The Balaban J connectivity index is 1.81. The second-order valence-corrected chi connectivity index (χ2v) is 10.6. The summed E-state index contributed by atoms with van der Waals surface area (Å²) in [6, 6.07) is 8.49. The van der Waals surface area contributed by atoms with Gasteiger partial charge in [0.15, 0.2) is 11.7 Å². The fraction of sp³-hybridized carbons (Fsp3) is 0.360. The number of thiophene rings is 1. The van der Waals surface area contributed by atoms with Gasteiger partial charge in [0, 0.05) is 16.6 Å². The van der Waals surface area contributed by atoms with E-state index in [4.69, 9.17) is 11.5 Å². The zero-order valence-electron chi connectivity index (χ0n) is 19.7. The lowest BCUT2D eigenvalue weighted by Gasteiger charge is -2.32. The number of amides is 3. The number of hydrogen-bond acceptors (Lipinski definition) is 7. The number of aromatic nitrogens is 1. The van der Waals surface area contributed by atoms with Crippen molar-refractivity contribution in [3.05, 3.63) is 62.3 Å². The van der Waals surface area contributed by atoms with E-state index in [1.54, 1.807) is 0 Å². The Morgan fingerprint density at radius 3 is 2.46 bits per heavy atom. The third-order valence-corrected chi connectivity index (χ3v) is 8.19. The number of carbonyl (C=O) groups is 3. The van der Waals surface area contributed by atoms with Gasteiger partial charge in [-0.2, -0.15) is 4.37 Å². The summed E-state index contributed by atoms with van der Waals surface area (Å²) in [7, 11) is 0. The number of anilines is 2. The van der Waals surface area contributed by atoms with E-state index in [9.17, 15) is 14.4 Å². The third kappa shape index (κ3) is 5.23. The van der Waals surface area contributed by atoms with Crippen LogP contribution in [0.5, 0.6) is 0 Å². The first kappa shape index (κ1) is 24.9. The molecule has 184 valence electrons. The summed E-state index contributed by atoms with van der Waals surface area (Å²) in [5.74, 6) is -1.56. The smallest absolute Gasteiger partial charge is 0.273 e. The number of rotatable bonds is 7. The van der Waals surface area contributed by atoms with Gasteiger partial charge in [-0.25, -0.2) is 0 Å².